The molecule has 222 valence electrons. The molecular formula is C29H33N5O8. The molecule has 42 heavy (non-hydrogen) atoms. The second-order valence-corrected chi connectivity index (χ2v) is 10.3. The maximum Gasteiger partial charge on any atom is 0.326 e. The van der Waals surface area contributed by atoms with Crippen molar-refractivity contribution < 1.29 is 39.3 Å². The highest BCUT2D eigenvalue weighted by Crippen LogP contribution is 2.22. The van der Waals surface area contributed by atoms with Crippen LogP contribution in [0, 0.1) is 0 Å². The molecule has 1 aromatic heterocycles. The van der Waals surface area contributed by atoms with Crippen LogP contribution < -0.4 is 16.4 Å². The Kier molecular flexibility index (Phi) is 9.42. The predicted molar refractivity (Wildman–Crippen MR) is 150 cm³/mol. The number of carboxylic acids is 2. The number of nitrogens with one attached hydrogen (secondary N) is 3. The van der Waals surface area contributed by atoms with Gasteiger partial charge in [-0.25, -0.2) is 4.79 Å². The Labute approximate surface area is 240 Å². The van der Waals surface area contributed by atoms with E-state index in [1.165, 1.54) is 29.2 Å². The molecule has 0 radical (unpaired) electrons. The van der Waals surface area contributed by atoms with Crippen LogP contribution in [0.4, 0.5) is 0 Å². The van der Waals surface area contributed by atoms with Gasteiger partial charge in [-0.3, -0.25) is 19.2 Å². The SMILES string of the molecule is NC(Cc1c[nH]c2ccccc12)C(=O)N1CCCC1C(=O)NC(Cc1ccc(O)cc1)C(=O)NC(CC(=O)O)C(=O)O. The predicted octanol–water partition coefficient (Wildman–Crippen LogP) is 0.506. The van der Waals surface area contributed by atoms with Crippen LogP contribution in [0.3, 0.4) is 0 Å². The first-order valence-corrected chi connectivity index (χ1v) is 13.5. The second kappa shape index (κ2) is 13.2. The highest BCUT2D eigenvalue weighted by Gasteiger charge is 2.38. The maximum atomic E-state index is 13.4. The number of likely N-dealkylation sites (tertiary alicyclic amines) is 1. The van der Waals surface area contributed by atoms with Crippen molar-refractivity contribution in [3.63, 3.8) is 0 Å². The van der Waals surface area contributed by atoms with Crippen LogP contribution in [0.15, 0.2) is 54.7 Å². The van der Waals surface area contributed by atoms with Crippen LogP contribution in [0.5, 0.6) is 5.75 Å². The molecule has 2 aromatic carbocycles. The third-order valence-electron chi connectivity index (χ3n) is 7.27. The number of hydrogen-bond acceptors (Lipinski definition) is 7. The van der Waals surface area contributed by atoms with Crippen molar-refractivity contribution in [2.45, 2.75) is 56.3 Å². The zero-order valence-corrected chi connectivity index (χ0v) is 22.7. The number of benzene rings is 2. The maximum absolute atomic E-state index is 13.4. The molecule has 1 aliphatic heterocycles. The van der Waals surface area contributed by atoms with Gasteiger partial charge in [0.2, 0.25) is 17.7 Å². The second-order valence-electron chi connectivity index (χ2n) is 10.3. The zero-order chi connectivity index (χ0) is 30.4. The molecule has 1 fully saturated rings. The van der Waals surface area contributed by atoms with Crippen molar-refractivity contribution in [2.75, 3.05) is 6.54 Å². The van der Waals surface area contributed by atoms with E-state index >= 15 is 0 Å². The molecule has 13 heteroatoms. The van der Waals surface area contributed by atoms with Gasteiger partial charge in [0.25, 0.3) is 0 Å². The van der Waals surface area contributed by atoms with Gasteiger partial charge >= 0.3 is 11.9 Å². The van der Waals surface area contributed by atoms with Crippen molar-refractivity contribution in [1.82, 2.24) is 20.5 Å². The van der Waals surface area contributed by atoms with Gasteiger partial charge < -0.3 is 41.6 Å². The summed E-state index contributed by atoms with van der Waals surface area (Å²) in [5, 5.41) is 33.7. The Balaban J connectivity index is 1.48. The summed E-state index contributed by atoms with van der Waals surface area (Å²) >= 11 is 0. The average molecular weight is 580 g/mol. The summed E-state index contributed by atoms with van der Waals surface area (Å²) < 4.78 is 0. The van der Waals surface area contributed by atoms with Crippen LogP contribution in [0.25, 0.3) is 10.9 Å². The number of phenols is 1. The summed E-state index contributed by atoms with van der Waals surface area (Å²) in [6.07, 6.45) is 1.98. The number of aromatic nitrogens is 1. The highest BCUT2D eigenvalue weighted by atomic mass is 16.4. The smallest absolute Gasteiger partial charge is 0.326 e. The van der Waals surface area contributed by atoms with E-state index in [1.807, 2.05) is 24.3 Å². The van der Waals surface area contributed by atoms with Crippen molar-refractivity contribution in [3.8, 4) is 5.75 Å². The fourth-order valence-electron chi connectivity index (χ4n) is 5.13. The monoisotopic (exact) mass is 579 g/mol. The van der Waals surface area contributed by atoms with E-state index in [4.69, 9.17) is 10.8 Å². The number of hydrogen-bond donors (Lipinski definition) is 7. The number of carbonyl (C=O) groups is 5. The van der Waals surface area contributed by atoms with Crippen LogP contribution in [-0.2, 0) is 36.8 Å². The molecular weight excluding hydrogens is 546 g/mol. The van der Waals surface area contributed by atoms with Gasteiger partial charge in [-0.2, -0.15) is 0 Å². The average Bonchev–Trinajstić information content (AvgIpc) is 3.60. The van der Waals surface area contributed by atoms with Crippen LogP contribution >= 0.6 is 0 Å². The minimum Gasteiger partial charge on any atom is -0.508 e. The van der Waals surface area contributed by atoms with Gasteiger partial charge in [0.15, 0.2) is 0 Å². The molecule has 1 saturated heterocycles. The molecule has 3 amide bonds. The lowest BCUT2D eigenvalue weighted by atomic mass is 10.0. The largest absolute Gasteiger partial charge is 0.508 e. The fourth-order valence-corrected chi connectivity index (χ4v) is 5.13. The quantitative estimate of drug-likeness (QED) is 0.159. The molecule has 8 N–H and O–H groups in total. The molecule has 2 heterocycles. The summed E-state index contributed by atoms with van der Waals surface area (Å²) in [6.45, 7) is 0.299. The van der Waals surface area contributed by atoms with Crippen LogP contribution in [0.2, 0.25) is 0 Å². The summed E-state index contributed by atoms with van der Waals surface area (Å²) in [6, 6.07) is 8.63. The van der Waals surface area contributed by atoms with Crippen molar-refractivity contribution >= 4 is 40.6 Å². The molecule has 0 spiro atoms. The van der Waals surface area contributed by atoms with Crippen molar-refractivity contribution in [1.29, 1.82) is 0 Å². The Morgan fingerprint density at radius 3 is 2.38 bits per heavy atom. The molecule has 4 rings (SSSR count). The number of carbonyl (C=O) groups excluding carboxylic acids is 3. The lowest BCUT2D eigenvalue weighted by Crippen LogP contribution is -2.57. The van der Waals surface area contributed by atoms with Gasteiger partial charge in [0, 0.05) is 30.1 Å². The third kappa shape index (κ3) is 7.23. The number of nitrogens with two attached hydrogens (primary N) is 1. The van der Waals surface area contributed by atoms with Crippen LogP contribution in [-0.4, -0.2) is 85.6 Å². The number of phenolic OH excluding ortho intramolecular Hbond substituents is 1. The number of aliphatic carboxylic acids is 2. The molecule has 4 atom stereocenters. The fraction of sp³-hybridized carbons (Fsp3) is 0.345. The first-order valence-electron chi connectivity index (χ1n) is 13.5. The van der Waals surface area contributed by atoms with E-state index in [-0.39, 0.29) is 18.6 Å². The van der Waals surface area contributed by atoms with Gasteiger partial charge in [0.1, 0.15) is 23.9 Å². The summed E-state index contributed by atoms with van der Waals surface area (Å²) in [5.41, 5.74) is 8.62. The first-order chi connectivity index (χ1) is 20.0. The molecule has 4 unspecified atom stereocenters. The van der Waals surface area contributed by atoms with E-state index < -0.39 is 60.2 Å². The topological polar surface area (TPSA) is 215 Å². The number of amides is 3. The van der Waals surface area contributed by atoms with E-state index in [9.17, 15) is 34.2 Å². The lowest BCUT2D eigenvalue weighted by Gasteiger charge is -2.28. The summed E-state index contributed by atoms with van der Waals surface area (Å²) in [4.78, 5) is 67.1. The minimum atomic E-state index is -1.72. The van der Waals surface area contributed by atoms with E-state index in [0.29, 0.717) is 24.9 Å². The third-order valence-corrected chi connectivity index (χ3v) is 7.27. The molecule has 13 nitrogen and oxygen atoms in total. The number of H-pyrrole nitrogens is 1. The van der Waals surface area contributed by atoms with Gasteiger partial charge in [-0.1, -0.05) is 30.3 Å². The van der Waals surface area contributed by atoms with E-state index in [1.54, 1.807) is 6.20 Å². The van der Waals surface area contributed by atoms with Crippen molar-refractivity contribution in [2.24, 2.45) is 5.73 Å². The number of aromatic hydroxyl groups is 1. The van der Waals surface area contributed by atoms with Gasteiger partial charge in [-0.05, 0) is 48.6 Å². The minimum absolute atomic E-state index is 0.0136. The number of fused-ring (bicyclic) bond motifs is 1. The molecule has 1 aliphatic rings. The summed E-state index contributed by atoms with van der Waals surface area (Å²) in [7, 11) is 0. The zero-order valence-electron chi connectivity index (χ0n) is 22.7. The van der Waals surface area contributed by atoms with E-state index in [0.717, 1.165) is 16.5 Å². The first kappa shape index (κ1) is 30.1. The summed E-state index contributed by atoms with van der Waals surface area (Å²) in [5.74, 6) is -4.92. The number of nitrogens with zero attached hydrogens (tertiary/aromatic N) is 1. The lowest BCUT2D eigenvalue weighted by molar-refractivity contribution is -0.147. The van der Waals surface area contributed by atoms with Crippen LogP contribution in [0.1, 0.15) is 30.4 Å². The number of rotatable bonds is 12. The molecule has 3 aromatic rings. The molecule has 0 aliphatic carbocycles. The Morgan fingerprint density at radius 2 is 1.69 bits per heavy atom. The Bertz CT molecular complexity index is 1470. The number of para-hydroxylation sites is 1. The normalized spacial score (nSPS) is 16.9. The highest BCUT2D eigenvalue weighted by molar-refractivity contribution is 5.95. The standard InChI is InChI=1S/C29H33N5O8/c30-20(13-17-15-31-21-5-2-1-4-19(17)21)28(40)34-11-3-6-24(34)27(39)32-22(12-16-7-9-18(35)10-8-16)26(38)33-23(29(41)42)14-25(36)37/h1-2,4-5,7-10,15,20,22-24,31,35H,3,6,11-14,30H2,(H,32,39)(H,33,38)(H,36,37)(H,41,42). The van der Waals surface area contributed by atoms with Gasteiger partial charge in [0.05, 0.1) is 12.5 Å². The van der Waals surface area contributed by atoms with E-state index in [2.05, 4.69) is 15.6 Å². The van der Waals surface area contributed by atoms with Crippen molar-refractivity contribution in [3.05, 3.63) is 65.9 Å². The molecule has 0 bridgehead atoms. The molecule has 0 saturated carbocycles. The number of carboxylic acid groups (broad SMARTS) is 2. The van der Waals surface area contributed by atoms with Gasteiger partial charge in [-0.15, -0.1) is 0 Å². The Hall–Kier alpha value is -4.91. The Morgan fingerprint density at radius 1 is 0.976 bits per heavy atom. The number of aromatic amines is 1.